The topological polar surface area (TPSA) is 91.7 Å². The van der Waals surface area contributed by atoms with E-state index in [9.17, 15) is 15.0 Å². The third-order valence-corrected chi connectivity index (χ3v) is 8.76. The van der Waals surface area contributed by atoms with E-state index in [1.807, 2.05) is 25.4 Å². The number of amides is 1. The van der Waals surface area contributed by atoms with Crippen LogP contribution in [-0.2, 0) is 52.9 Å². The molecular formula is C25H44N2O6S2. The van der Waals surface area contributed by atoms with Gasteiger partial charge in [-0.05, 0) is 49.8 Å². The molecule has 0 bridgehead atoms. The van der Waals surface area contributed by atoms with Crippen LogP contribution < -0.4 is 4.90 Å². The number of benzene rings is 1. The summed E-state index contributed by atoms with van der Waals surface area (Å²) < 4.78 is 16.0. The standard InChI is InChI=1S/C25H44N2O6S2/c1-25(2,35(5)34)20-26(3)24(30)7-6-8-27(9-10-32-13-14-33-12-11-31-4)23-16-21(18-28)15-22(17-23)19-29/h15-17,28-29H,6-14,18-20H2,1-5H3. The molecule has 0 aliphatic heterocycles. The van der Waals surface area contributed by atoms with Gasteiger partial charge in [-0.25, -0.2) is 0 Å². The number of ether oxygens (including phenoxy) is 3. The predicted octanol–water partition coefficient (Wildman–Crippen LogP) is 1.88. The minimum atomic E-state index is -0.205. The number of nitrogens with zero attached hydrogens (tertiary/aromatic N) is 2. The van der Waals surface area contributed by atoms with E-state index in [1.165, 1.54) is 0 Å². The minimum Gasteiger partial charge on any atom is -0.392 e. The fourth-order valence-electron chi connectivity index (χ4n) is 3.48. The number of carbonyl (C=O) groups excluding carboxylic acids is 1. The van der Waals surface area contributed by atoms with Crippen molar-refractivity contribution in [3.63, 3.8) is 0 Å². The average Bonchev–Trinajstić information content (AvgIpc) is 2.83. The highest BCUT2D eigenvalue weighted by Crippen LogP contribution is 2.21. The Kier molecular flexibility index (Phi) is 15.8. The van der Waals surface area contributed by atoms with E-state index < -0.39 is 0 Å². The molecule has 10 heteroatoms. The fourth-order valence-corrected chi connectivity index (χ4v) is 4.01. The fraction of sp³-hybridized carbons (Fsp3) is 0.720. The first-order chi connectivity index (χ1) is 16.6. The molecule has 202 valence electrons. The number of methoxy groups -OCH3 is 1. The summed E-state index contributed by atoms with van der Waals surface area (Å²) in [6.07, 6.45) is 3.13. The Morgan fingerprint density at radius 1 is 1.00 bits per heavy atom. The third kappa shape index (κ3) is 12.6. The van der Waals surface area contributed by atoms with Gasteiger partial charge in [0.1, 0.15) is 0 Å². The zero-order valence-electron chi connectivity index (χ0n) is 22.0. The summed E-state index contributed by atoms with van der Waals surface area (Å²) in [6.45, 7) is 8.46. The molecule has 0 fully saturated rings. The molecule has 0 aliphatic carbocycles. The SMILES string of the molecule is COCCOCCOCCN(CCCC(=O)N(C)CC(C)(C)S(C)=S)c1cc(CO)cc(CO)c1. The molecule has 1 aromatic rings. The number of hydrogen-bond acceptors (Lipinski definition) is 8. The Labute approximate surface area is 218 Å². The van der Waals surface area contributed by atoms with E-state index in [0.29, 0.717) is 65.5 Å². The van der Waals surface area contributed by atoms with E-state index in [2.05, 4.69) is 18.7 Å². The van der Waals surface area contributed by atoms with Crippen LogP contribution in [0.5, 0.6) is 0 Å². The predicted molar refractivity (Wildman–Crippen MR) is 146 cm³/mol. The number of hydrogen-bond donors (Lipinski definition) is 2. The molecule has 0 aromatic heterocycles. The Morgan fingerprint density at radius 3 is 2.11 bits per heavy atom. The summed E-state index contributed by atoms with van der Waals surface area (Å²) in [7, 11) is 3.27. The maximum atomic E-state index is 12.7. The molecule has 35 heavy (non-hydrogen) atoms. The van der Waals surface area contributed by atoms with E-state index in [4.69, 9.17) is 25.4 Å². The molecule has 2 N–H and O–H groups in total. The lowest BCUT2D eigenvalue weighted by molar-refractivity contribution is -0.130. The molecule has 1 rings (SSSR count). The van der Waals surface area contributed by atoms with Gasteiger partial charge in [-0.2, -0.15) is 0 Å². The molecule has 1 atom stereocenters. The summed E-state index contributed by atoms with van der Waals surface area (Å²) in [6, 6.07) is 5.61. The first-order valence-electron chi connectivity index (χ1n) is 12.0. The van der Waals surface area contributed by atoms with Gasteiger partial charge in [-0.1, -0.05) is 17.3 Å². The van der Waals surface area contributed by atoms with E-state index in [-0.39, 0.29) is 33.3 Å². The largest absolute Gasteiger partial charge is 0.392 e. The maximum Gasteiger partial charge on any atom is 0.222 e. The lowest BCUT2D eigenvalue weighted by atomic mass is 10.1. The van der Waals surface area contributed by atoms with Gasteiger partial charge in [0.25, 0.3) is 0 Å². The van der Waals surface area contributed by atoms with Crippen LogP contribution in [0.4, 0.5) is 5.69 Å². The second-order valence-electron chi connectivity index (χ2n) is 9.10. The summed E-state index contributed by atoms with van der Waals surface area (Å²) in [5, 5.41) is 19.3. The van der Waals surface area contributed by atoms with E-state index >= 15 is 0 Å². The monoisotopic (exact) mass is 532 g/mol. The van der Waals surface area contributed by atoms with Crippen molar-refractivity contribution in [2.24, 2.45) is 0 Å². The van der Waals surface area contributed by atoms with Gasteiger partial charge < -0.3 is 34.2 Å². The number of anilines is 1. The minimum absolute atomic E-state index is 0.0954. The second-order valence-corrected chi connectivity index (χ2v) is 12.6. The van der Waals surface area contributed by atoms with E-state index in [0.717, 1.165) is 16.8 Å². The summed E-state index contributed by atoms with van der Waals surface area (Å²) in [5.74, 6) is 0.100. The van der Waals surface area contributed by atoms with Gasteiger partial charge in [0.05, 0.1) is 46.2 Å². The number of aliphatic hydroxyl groups is 2. The van der Waals surface area contributed by atoms with Gasteiger partial charge in [0.15, 0.2) is 0 Å². The highest BCUT2D eigenvalue weighted by atomic mass is 32.8. The van der Waals surface area contributed by atoms with Crippen molar-refractivity contribution < 1.29 is 29.2 Å². The lowest BCUT2D eigenvalue weighted by Gasteiger charge is -2.31. The Hall–Kier alpha value is -1.14. The van der Waals surface area contributed by atoms with Crippen LogP contribution >= 0.6 is 0 Å². The normalized spacial score (nSPS) is 12.5. The number of carbonyl (C=O) groups is 1. The third-order valence-electron chi connectivity index (χ3n) is 5.72. The van der Waals surface area contributed by atoms with Crippen molar-refractivity contribution in [2.75, 3.05) is 78.0 Å². The van der Waals surface area contributed by atoms with E-state index in [1.54, 1.807) is 18.1 Å². The maximum absolute atomic E-state index is 12.7. The van der Waals surface area contributed by atoms with Gasteiger partial charge in [0.2, 0.25) is 5.91 Å². The molecule has 0 heterocycles. The zero-order chi connectivity index (χ0) is 26.3. The molecule has 0 aliphatic rings. The molecule has 1 unspecified atom stereocenters. The first-order valence-corrected chi connectivity index (χ1v) is 14.5. The molecule has 0 radical (unpaired) electrons. The van der Waals surface area contributed by atoms with Gasteiger partial charge >= 0.3 is 0 Å². The summed E-state index contributed by atoms with van der Waals surface area (Å²) in [5.41, 5.74) is 2.37. The van der Waals surface area contributed by atoms with Crippen molar-refractivity contribution in [1.29, 1.82) is 0 Å². The Bertz CT molecular complexity index is 756. The van der Waals surface area contributed by atoms with Crippen LogP contribution in [0.1, 0.15) is 37.8 Å². The van der Waals surface area contributed by atoms with Crippen molar-refractivity contribution in [3.05, 3.63) is 29.3 Å². The molecule has 0 saturated heterocycles. The van der Waals surface area contributed by atoms with Crippen LogP contribution in [-0.4, -0.2) is 98.8 Å². The summed E-state index contributed by atoms with van der Waals surface area (Å²) in [4.78, 5) is 16.6. The summed E-state index contributed by atoms with van der Waals surface area (Å²) >= 11 is 5.44. The van der Waals surface area contributed by atoms with Crippen molar-refractivity contribution in [1.82, 2.24) is 4.90 Å². The number of aliphatic hydroxyl groups excluding tert-OH is 2. The highest BCUT2D eigenvalue weighted by molar-refractivity contribution is 8.29. The molecule has 1 aromatic carbocycles. The van der Waals surface area contributed by atoms with Gasteiger partial charge in [-0.15, -0.1) is 9.45 Å². The zero-order valence-corrected chi connectivity index (χ0v) is 23.6. The quantitative estimate of drug-likeness (QED) is 0.261. The molecule has 8 nitrogen and oxygen atoms in total. The first kappa shape index (κ1) is 31.9. The average molecular weight is 533 g/mol. The Balaban J connectivity index is 2.71. The van der Waals surface area contributed by atoms with Crippen LogP contribution in [0.3, 0.4) is 0 Å². The molecule has 1 amide bonds. The molecular weight excluding hydrogens is 488 g/mol. The van der Waals surface area contributed by atoms with Crippen LogP contribution in [0.25, 0.3) is 0 Å². The van der Waals surface area contributed by atoms with Crippen molar-refractivity contribution in [3.8, 4) is 0 Å². The van der Waals surface area contributed by atoms with Gasteiger partial charge in [-0.3, -0.25) is 4.79 Å². The van der Waals surface area contributed by atoms with Crippen LogP contribution in [0.15, 0.2) is 18.2 Å². The smallest absolute Gasteiger partial charge is 0.222 e. The van der Waals surface area contributed by atoms with Crippen molar-refractivity contribution in [2.45, 2.75) is 44.6 Å². The van der Waals surface area contributed by atoms with Crippen LogP contribution in [0, 0.1) is 0 Å². The van der Waals surface area contributed by atoms with Crippen LogP contribution in [0.2, 0.25) is 0 Å². The highest BCUT2D eigenvalue weighted by Gasteiger charge is 2.24. The van der Waals surface area contributed by atoms with Crippen molar-refractivity contribution >= 4 is 32.2 Å². The Morgan fingerprint density at radius 2 is 1.57 bits per heavy atom. The number of rotatable bonds is 19. The van der Waals surface area contributed by atoms with Gasteiger partial charge in [0, 0.05) is 50.6 Å². The second kappa shape index (κ2) is 17.3. The lowest BCUT2D eigenvalue weighted by Crippen LogP contribution is -2.42. The molecule has 0 saturated carbocycles. The molecule has 0 spiro atoms.